The van der Waals surface area contributed by atoms with Crippen LogP contribution in [0.2, 0.25) is 0 Å². The number of hydrogen-bond acceptors (Lipinski definition) is 3. The molecule has 1 amide bonds. The predicted molar refractivity (Wildman–Crippen MR) is 56.8 cm³/mol. The topological polar surface area (TPSA) is 55.1 Å². The number of hydrogen-bond donors (Lipinski definition) is 2. The van der Waals surface area contributed by atoms with Crippen molar-refractivity contribution < 1.29 is 4.79 Å². The van der Waals surface area contributed by atoms with Crippen LogP contribution in [0.15, 0.2) is 0 Å². The maximum atomic E-state index is 10.8. The van der Waals surface area contributed by atoms with E-state index in [9.17, 15) is 4.79 Å². The Morgan fingerprint density at radius 1 is 1.77 bits per heavy atom. The summed E-state index contributed by atoms with van der Waals surface area (Å²) < 4.78 is 0.309. The Bertz CT molecular complexity index is 190. The minimum atomic E-state index is -0.272. The van der Waals surface area contributed by atoms with Gasteiger partial charge >= 0.3 is 0 Å². The molecular formula is C9H18N2OS. The summed E-state index contributed by atoms with van der Waals surface area (Å²) in [4.78, 5) is 10.8. The van der Waals surface area contributed by atoms with E-state index in [1.165, 1.54) is 18.6 Å². The lowest BCUT2D eigenvalue weighted by Gasteiger charge is -2.24. The van der Waals surface area contributed by atoms with E-state index in [0.717, 1.165) is 6.54 Å². The number of nitrogens with two attached hydrogens (primary N) is 1. The van der Waals surface area contributed by atoms with Gasteiger partial charge in [0.2, 0.25) is 5.91 Å². The van der Waals surface area contributed by atoms with Gasteiger partial charge in [-0.1, -0.05) is 0 Å². The molecule has 0 saturated carbocycles. The Balaban J connectivity index is 2.28. The van der Waals surface area contributed by atoms with Gasteiger partial charge in [-0.05, 0) is 32.4 Å². The Labute approximate surface area is 83.8 Å². The average molecular weight is 202 g/mol. The number of carbonyl (C=O) groups is 1. The highest BCUT2D eigenvalue weighted by Gasteiger charge is 2.29. The molecule has 0 spiro atoms. The molecule has 1 aliphatic rings. The second kappa shape index (κ2) is 4.33. The van der Waals surface area contributed by atoms with Crippen LogP contribution < -0.4 is 11.1 Å². The zero-order valence-electron chi connectivity index (χ0n) is 8.30. The third-order valence-corrected chi connectivity index (χ3v) is 4.05. The summed E-state index contributed by atoms with van der Waals surface area (Å²) in [5.41, 5.74) is 5.16. The van der Waals surface area contributed by atoms with Crippen LogP contribution in [-0.4, -0.2) is 29.0 Å². The largest absolute Gasteiger partial charge is 0.368 e. The molecule has 13 heavy (non-hydrogen) atoms. The first-order chi connectivity index (χ1) is 6.03. The summed E-state index contributed by atoms with van der Waals surface area (Å²) in [7, 11) is 0. The van der Waals surface area contributed by atoms with Crippen molar-refractivity contribution in [2.75, 3.05) is 12.3 Å². The van der Waals surface area contributed by atoms with Crippen LogP contribution in [-0.2, 0) is 4.79 Å². The first-order valence-corrected chi connectivity index (χ1v) is 5.69. The second-order valence-corrected chi connectivity index (χ2v) is 5.59. The highest BCUT2D eigenvalue weighted by molar-refractivity contribution is 8.00. The van der Waals surface area contributed by atoms with E-state index in [4.69, 9.17) is 5.73 Å². The number of primary amides is 1. The van der Waals surface area contributed by atoms with Crippen molar-refractivity contribution in [2.45, 2.75) is 37.5 Å². The third-order valence-electron chi connectivity index (χ3n) is 2.51. The zero-order chi connectivity index (χ0) is 9.90. The van der Waals surface area contributed by atoms with Gasteiger partial charge in [-0.15, -0.1) is 0 Å². The van der Waals surface area contributed by atoms with E-state index in [2.05, 4.69) is 12.2 Å². The fourth-order valence-electron chi connectivity index (χ4n) is 1.45. The van der Waals surface area contributed by atoms with Gasteiger partial charge in [0.25, 0.3) is 0 Å². The van der Waals surface area contributed by atoms with Crippen LogP contribution in [0.4, 0.5) is 0 Å². The normalized spacial score (nSPS) is 30.3. The first kappa shape index (κ1) is 10.9. The number of carbonyl (C=O) groups excluding carboxylic acids is 1. The van der Waals surface area contributed by atoms with Crippen molar-refractivity contribution in [3.05, 3.63) is 0 Å². The fraction of sp³-hybridized carbons (Fsp3) is 0.889. The Morgan fingerprint density at radius 2 is 2.46 bits per heavy atom. The molecule has 0 aliphatic carbocycles. The number of amides is 1. The summed E-state index contributed by atoms with van der Waals surface area (Å²) in [6.07, 6.45) is 2.52. The van der Waals surface area contributed by atoms with E-state index in [0.29, 0.717) is 4.75 Å². The average Bonchev–Trinajstić information content (AvgIpc) is 2.48. The van der Waals surface area contributed by atoms with Crippen molar-refractivity contribution >= 4 is 17.7 Å². The lowest BCUT2D eigenvalue weighted by Crippen LogP contribution is -2.44. The van der Waals surface area contributed by atoms with E-state index in [-0.39, 0.29) is 11.9 Å². The maximum absolute atomic E-state index is 10.8. The van der Waals surface area contributed by atoms with E-state index < -0.39 is 0 Å². The zero-order valence-corrected chi connectivity index (χ0v) is 9.12. The maximum Gasteiger partial charge on any atom is 0.234 e. The van der Waals surface area contributed by atoms with Gasteiger partial charge in [0, 0.05) is 11.3 Å². The SMILES string of the molecule is CC(NCC1(C)CCCS1)C(N)=O. The van der Waals surface area contributed by atoms with Crippen LogP contribution in [0, 0.1) is 0 Å². The molecule has 0 aromatic carbocycles. The molecule has 0 bridgehead atoms. The number of rotatable bonds is 4. The molecular weight excluding hydrogens is 184 g/mol. The van der Waals surface area contributed by atoms with E-state index in [1.807, 2.05) is 18.7 Å². The van der Waals surface area contributed by atoms with Crippen molar-refractivity contribution in [3.63, 3.8) is 0 Å². The quantitative estimate of drug-likeness (QED) is 0.707. The van der Waals surface area contributed by atoms with Gasteiger partial charge in [0.15, 0.2) is 0 Å². The summed E-state index contributed by atoms with van der Waals surface area (Å²) in [5.74, 6) is 0.968. The Kier molecular flexibility index (Phi) is 3.62. The molecule has 0 radical (unpaired) electrons. The minimum Gasteiger partial charge on any atom is -0.368 e. The van der Waals surface area contributed by atoms with E-state index >= 15 is 0 Å². The van der Waals surface area contributed by atoms with Crippen LogP contribution in [0.1, 0.15) is 26.7 Å². The smallest absolute Gasteiger partial charge is 0.234 e. The molecule has 0 aromatic rings. The molecule has 1 saturated heterocycles. The molecule has 2 atom stereocenters. The minimum absolute atomic E-state index is 0.210. The molecule has 4 heteroatoms. The Hall–Kier alpha value is -0.220. The van der Waals surface area contributed by atoms with Gasteiger partial charge in [-0.2, -0.15) is 11.8 Å². The van der Waals surface area contributed by atoms with Gasteiger partial charge in [-0.25, -0.2) is 0 Å². The summed E-state index contributed by atoms with van der Waals surface area (Å²) in [5, 5.41) is 3.17. The molecule has 1 fully saturated rings. The molecule has 2 unspecified atom stereocenters. The lowest BCUT2D eigenvalue weighted by atomic mass is 10.1. The number of thioether (sulfide) groups is 1. The van der Waals surface area contributed by atoms with Crippen LogP contribution >= 0.6 is 11.8 Å². The molecule has 76 valence electrons. The van der Waals surface area contributed by atoms with Crippen LogP contribution in [0.5, 0.6) is 0 Å². The molecule has 1 rings (SSSR count). The molecule has 1 heterocycles. The van der Waals surface area contributed by atoms with Gasteiger partial charge in [-0.3, -0.25) is 4.79 Å². The Morgan fingerprint density at radius 3 is 2.92 bits per heavy atom. The monoisotopic (exact) mass is 202 g/mol. The van der Waals surface area contributed by atoms with Crippen molar-refractivity contribution in [1.82, 2.24) is 5.32 Å². The van der Waals surface area contributed by atoms with Crippen molar-refractivity contribution in [1.29, 1.82) is 0 Å². The summed E-state index contributed by atoms with van der Waals surface area (Å²) in [6, 6.07) is -0.210. The highest BCUT2D eigenvalue weighted by Crippen LogP contribution is 2.36. The van der Waals surface area contributed by atoms with Gasteiger partial charge < -0.3 is 11.1 Å². The van der Waals surface area contributed by atoms with Crippen LogP contribution in [0.25, 0.3) is 0 Å². The standard InChI is InChI=1S/C9H18N2OS/c1-7(8(10)12)11-6-9(2)4-3-5-13-9/h7,11H,3-6H2,1-2H3,(H2,10,12). The first-order valence-electron chi connectivity index (χ1n) is 4.70. The number of nitrogens with one attached hydrogen (secondary N) is 1. The lowest BCUT2D eigenvalue weighted by molar-refractivity contribution is -0.119. The summed E-state index contributed by atoms with van der Waals surface area (Å²) >= 11 is 1.98. The second-order valence-electron chi connectivity index (χ2n) is 3.91. The van der Waals surface area contributed by atoms with Gasteiger partial charge in [0.1, 0.15) is 0 Å². The molecule has 1 aliphatic heterocycles. The third kappa shape index (κ3) is 3.19. The predicted octanol–water partition coefficient (Wildman–Crippen LogP) is 0.735. The van der Waals surface area contributed by atoms with Crippen molar-refractivity contribution in [2.24, 2.45) is 5.73 Å². The van der Waals surface area contributed by atoms with Gasteiger partial charge in [0.05, 0.1) is 6.04 Å². The molecule has 0 aromatic heterocycles. The highest BCUT2D eigenvalue weighted by atomic mass is 32.2. The molecule has 3 N–H and O–H groups in total. The van der Waals surface area contributed by atoms with Crippen molar-refractivity contribution in [3.8, 4) is 0 Å². The summed E-state index contributed by atoms with van der Waals surface area (Å²) in [6.45, 7) is 4.93. The van der Waals surface area contributed by atoms with E-state index in [1.54, 1.807) is 0 Å². The molecule has 3 nitrogen and oxygen atoms in total. The van der Waals surface area contributed by atoms with Crippen LogP contribution in [0.3, 0.4) is 0 Å². The fourth-order valence-corrected chi connectivity index (χ4v) is 2.70.